The Hall–Kier alpha value is -4.52. The summed E-state index contributed by atoms with van der Waals surface area (Å²) in [7, 11) is 0. The van der Waals surface area contributed by atoms with Crippen LogP contribution >= 0.6 is 0 Å². The molecule has 4 rings (SSSR count). The normalized spacial score (nSPS) is 10.8. The van der Waals surface area contributed by atoms with Crippen LogP contribution in [0.25, 0.3) is 34.2 Å². The Kier molecular flexibility index (Phi) is 12.3. The summed E-state index contributed by atoms with van der Waals surface area (Å²) in [6, 6.07) is 24.8. The maximum Gasteiger partial charge on any atom is 0.333 e. The van der Waals surface area contributed by atoms with Gasteiger partial charge in [-0.1, -0.05) is 112 Å². The minimum absolute atomic E-state index is 0.0655. The van der Waals surface area contributed by atoms with E-state index in [0.29, 0.717) is 47.6 Å². The maximum atomic E-state index is 11.3. The number of carbonyl (C=O) groups excluding carboxylic acids is 1. The van der Waals surface area contributed by atoms with Crippen molar-refractivity contribution in [2.75, 3.05) is 13.2 Å². The minimum Gasteiger partial charge on any atom is -0.507 e. The molecule has 0 saturated heterocycles. The molecule has 0 aliphatic carbocycles. The molecule has 0 fully saturated rings. The molecule has 1 N–H and O–H groups in total. The summed E-state index contributed by atoms with van der Waals surface area (Å²) < 4.78 is 11.0. The van der Waals surface area contributed by atoms with Gasteiger partial charge in [-0.2, -0.15) is 0 Å². The van der Waals surface area contributed by atoms with E-state index in [-0.39, 0.29) is 11.7 Å². The summed E-state index contributed by atoms with van der Waals surface area (Å²) in [4.78, 5) is 25.4. The smallest absolute Gasteiger partial charge is 0.333 e. The Bertz CT molecular complexity index is 1400. The molecule has 0 bridgehead atoms. The summed E-state index contributed by atoms with van der Waals surface area (Å²) in [5.41, 5.74) is 2.73. The maximum absolute atomic E-state index is 11.3. The first-order valence-electron chi connectivity index (χ1n) is 15.2. The van der Waals surface area contributed by atoms with Crippen molar-refractivity contribution in [2.45, 2.75) is 64.7 Å². The van der Waals surface area contributed by atoms with Gasteiger partial charge in [0.15, 0.2) is 17.5 Å². The van der Waals surface area contributed by atoms with Crippen molar-refractivity contribution in [3.8, 4) is 45.7 Å². The van der Waals surface area contributed by atoms with Crippen LogP contribution in [0.2, 0.25) is 0 Å². The summed E-state index contributed by atoms with van der Waals surface area (Å²) >= 11 is 0. The zero-order valence-electron chi connectivity index (χ0n) is 25.0. The van der Waals surface area contributed by atoms with Gasteiger partial charge >= 0.3 is 5.97 Å². The third kappa shape index (κ3) is 10.1. The van der Waals surface area contributed by atoms with E-state index in [4.69, 9.17) is 24.4 Å². The van der Waals surface area contributed by atoms with Crippen LogP contribution in [-0.2, 0) is 9.53 Å². The molecular formula is C36H41N3O4. The number of aromatic nitrogens is 3. The van der Waals surface area contributed by atoms with Crippen molar-refractivity contribution in [1.29, 1.82) is 0 Å². The van der Waals surface area contributed by atoms with E-state index in [2.05, 4.69) is 6.58 Å². The lowest BCUT2D eigenvalue weighted by molar-refractivity contribution is -0.139. The second-order valence-electron chi connectivity index (χ2n) is 10.7. The second-order valence-corrected chi connectivity index (χ2v) is 10.7. The number of rotatable bonds is 17. The highest BCUT2D eigenvalue weighted by Gasteiger charge is 2.15. The highest BCUT2D eigenvalue weighted by molar-refractivity contribution is 5.86. The first kappa shape index (κ1) is 31.4. The standard InChI is InChI=1S/C36H41N3O4/c1-27(2)36(41)43-25-17-9-7-5-3-4-6-8-16-24-42-30-22-23-31(32(40)26-30)35-38-33(28-18-12-10-13-19-28)37-34(39-35)29-20-14-11-15-21-29/h10-15,18-23,26,40H,1,3-9,16-17,24-25H2,2H3. The third-order valence-corrected chi connectivity index (χ3v) is 7.05. The average molecular weight is 580 g/mol. The van der Waals surface area contributed by atoms with Crippen LogP contribution in [-0.4, -0.2) is 39.2 Å². The monoisotopic (exact) mass is 579 g/mol. The van der Waals surface area contributed by atoms with Crippen LogP contribution in [0.15, 0.2) is 91.0 Å². The van der Waals surface area contributed by atoms with Crippen molar-refractivity contribution in [2.24, 2.45) is 0 Å². The molecule has 1 aromatic heterocycles. The van der Waals surface area contributed by atoms with Gasteiger partial charge in [-0.25, -0.2) is 19.7 Å². The lowest BCUT2D eigenvalue weighted by Gasteiger charge is -2.11. The number of esters is 1. The molecule has 224 valence electrons. The predicted octanol–water partition coefficient (Wildman–Crippen LogP) is 8.59. The summed E-state index contributed by atoms with van der Waals surface area (Å²) in [5.74, 6) is 1.89. The molecule has 7 nitrogen and oxygen atoms in total. The number of unbranched alkanes of at least 4 members (excludes halogenated alkanes) is 8. The average Bonchev–Trinajstić information content (AvgIpc) is 3.03. The Morgan fingerprint density at radius 2 is 1.16 bits per heavy atom. The Balaban J connectivity index is 1.22. The quantitative estimate of drug-likeness (QED) is 0.0760. The minimum atomic E-state index is -0.299. The van der Waals surface area contributed by atoms with Crippen molar-refractivity contribution < 1.29 is 19.4 Å². The van der Waals surface area contributed by atoms with Crippen molar-refractivity contribution in [3.05, 3.63) is 91.0 Å². The molecule has 0 unspecified atom stereocenters. The topological polar surface area (TPSA) is 94.4 Å². The highest BCUT2D eigenvalue weighted by Crippen LogP contribution is 2.32. The number of benzene rings is 3. The molecule has 0 saturated carbocycles. The molecule has 1 heterocycles. The molecule has 0 spiro atoms. The van der Waals surface area contributed by atoms with Gasteiger partial charge < -0.3 is 14.6 Å². The molecule has 43 heavy (non-hydrogen) atoms. The Morgan fingerprint density at radius 3 is 1.67 bits per heavy atom. The number of hydrogen-bond donors (Lipinski definition) is 1. The zero-order chi connectivity index (χ0) is 30.3. The van der Waals surface area contributed by atoms with Crippen molar-refractivity contribution >= 4 is 5.97 Å². The number of aromatic hydroxyl groups is 1. The third-order valence-electron chi connectivity index (χ3n) is 7.05. The number of ether oxygens (including phenoxy) is 2. The first-order valence-corrected chi connectivity index (χ1v) is 15.2. The molecule has 4 aromatic rings. The summed E-state index contributed by atoms with van der Waals surface area (Å²) in [6.07, 6.45) is 10.0. The molecule has 0 aliphatic rings. The predicted molar refractivity (Wildman–Crippen MR) is 171 cm³/mol. The van der Waals surface area contributed by atoms with E-state index >= 15 is 0 Å². The molecule has 7 heteroatoms. The number of carbonyl (C=O) groups is 1. The van der Waals surface area contributed by atoms with Crippen LogP contribution in [0, 0.1) is 0 Å². The molecule has 3 aromatic carbocycles. The van der Waals surface area contributed by atoms with Gasteiger partial charge in [0, 0.05) is 22.8 Å². The van der Waals surface area contributed by atoms with Crippen LogP contribution < -0.4 is 4.74 Å². The fourth-order valence-electron chi connectivity index (χ4n) is 4.64. The molecule has 0 amide bonds. The number of nitrogens with zero attached hydrogens (tertiary/aromatic N) is 3. The van der Waals surface area contributed by atoms with Crippen LogP contribution in [0.5, 0.6) is 11.5 Å². The van der Waals surface area contributed by atoms with Crippen LogP contribution in [0.4, 0.5) is 0 Å². The fourth-order valence-corrected chi connectivity index (χ4v) is 4.64. The van der Waals surface area contributed by atoms with Gasteiger partial charge in [0.1, 0.15) is 11.5 Å². The molecule has 0 radical (unpaired) electrons. The van der Waals surface area contributed by atoms with Gasteiger partial charge in [0.2, 0.25) is 0 Å². The Labute approximate surface area is 254 Å². The van der Waals surface area contributed by atoms with Gasteiger partial charge in [-0.3, -0.25) is 0 Å². The number of phenols is 1. The van der Waals surface area contributed by atoms with E-state index in [1.807, 2.05) is 66.7 Å². The summed E-state index contributed by atoms with van der Waals surface area (Å²) in [5, 5.41) is 10.9. The molecular weight excluding hydrogens is 538 g/mol. The van der Waals surface area contributed by atoms with Crippen LogP contribution in [0.3, 0.4) is 0 Å². The SMILES string of the molecule is C=C(C)C(=O)OCCCCCCCCCCCOc1ccc(-c2nc(-c3ccccc3)nc(-c3ccccc3)n2)c(O)c1. The summed E-state index contributed by atoms with van der Waals surface area (Å²) in [6.45, 7) is 6.33. The van der Waals surface area contributed by atoms with E-state index in [1.54, 1.807) is 19.1 Å². The van der Waals surface area contributed by atoms with Gasteiger partial charge in [-0.05, 0) is 31.9 Å². The van der Waals surface area contributed by atoms with E-state index in [0.717, 1.165) is 36.8 Å². The lowest BCUT2D eigenvalue weighted by atomic mass is 10.1. The number of hydrogen-bond acceptors (Lipinski definition) is 7. The second kappa shape index (κ2) is 16.8. The Morgan fingerprint density at radius 1 is 0.674 bits per heavy atom. The van der Waals surface area contributed by atoms with Crippen LogP contribution in [0.1, 0.15) is 64.7 Å². The first-order chi connectivity index (χ1) is 21.0. The van der Waals surface area contributed by atoms with E-state index < -0.39 is 0 Å². The fraction of sp³-hybridized carbons (Fsp3) is 0.333. The van der Waals surface area contributed by atoms with Crippen molar-refractivity contribution in [3.63, 3.8) is 0 Å². The van der Waals surface area contributed by atoms with Gasteiger partial charge in [0.25, 0.3) is 0 Å². The lowest BCUT2D eigenvalue weighted by Crippen LogP contribution is -2.05. The van der Waals surface area contributed by atoms with Crippen molar-refractivity contribution in [1.82, 2.24) is 15.0 Å². The van der Waals surface area contributed by atoms with Gasteiger partial charge in [0.05, 0.1) is 18.8 Å². The van der Waals surface area contributed by atoms with E-state index in [1.165, 1.54) is 32.1 Å². The molecule has 0 aliphatic heterocycles. The van der Waals surface area contributed by atoms with E-state index in [9.17, 15) is 9.90 Å². The van der Waals surface area contributed by atoms with Gasteiger partial charge in [-0.15, -0.1) is 0 Å². The highest BCUT2D eigenvalue weighted by atomic mass is 16.5. The molecule has 0 atom stereocenters. The largest absolute Gasteiger partial charge is 0.507 e. The number of phenolic OH excluding ortho intramolecular Hbond substituents is 1. The zero-order valence-corrected chi connectivity index (χ0v) is 25.0.